The van der Waals surface area contributed by atoms with E-state index < -0.39 is 17.7 Å². The van der Waals surface area contributed by atoms with Gasteiger partial charge in [-0.3, -0.25) is 9.78 Å². The summed E-state index contributed by atoms with van der Waals surface area (Å²) < 4.78 is 27.9. The first-order chi connectivity index (χ1) is 11.5. The Morgan fingerprint density at radius 3 is 2.42 bits per heavy atom. The number of aromatic nitrogens is 1. The molecule has 1 N–H and O–H groups in total. The quantitative estimate of drug-likeness (QED) is 0.828. The van der Waals surface area contributed by atoms with Crippen LogP contribution < -0.4 is 5.32 Å². The minimum atomic E-state index is -0.629. The van der Waals surface area contributed by atoms with Gasteiger partial charge in [0.05, 0.1) is 6.04 Å². The largest absolute Gasteiger partial charge is 0.351 e. The maximum absolute atomic E-state index is 14.0. The molecule has 6 heteroatoms. The number of pyridine rings is 1. The highest BCUT2D eigenvalue weighted by atomic mass is 19.1. The SMILES string of the molecule is CN(C)[C@H](CNC(=O)/C=C\c1ccncc1)c1c(F)cccc1F. The molecule has 126 valence electrons. The fraction of sp³-hybridized carbons (Fsp3) is 0.222. The second-order valence-corrected chi connectivity index (χ2v) is 5.47. The van der Waals surface area contributed by atoms with E-state index in [9.17, 15) is 13.6 Å². The van der Waals surface area contributed by atoms with Crippen molar-refractivity contribution in [3.63, 3.8) is 0 Å². The summed E-state index contributed by atoms with van der Waals surface area (Å²) in [6.45, 7) is 0.0877. The molecule has 4 nitrogen and oxygen atoms in total. The van der Waals surface area contributed by atoms with E-state index >= 15 is 0 Å². The van der Waals surface area contributed by atoms with Gasteiger partial charge in [0, 0.05) is 30.6 Å². The first-order valence-corrected chi connectivity index (χ1v) is 7.45. The molecule has 0 aliphatic heterocycles. The number of halogens is 2. The molecule has 0 fully saturated rings. The van der Waals surface area contributed by atoms with Gasteiger partial charge in [-0.05, 0) is 50.0 Å². The highest BCUT2D eigenvalue weighted by Crippen LogP contribution is 2.23. The molecule has 0 saturated carbocycles. The van der Waals surface area contributed by atoms with Crippen LogP contribution in [0.2, 0.25) is 0 Å². The molecule has 0 aliphatic carbocycles. The van der Waals surface area contributed by atoms with Crippen molar-refractivity contribution < 1.29 is 13.6 Å². The molecule has 1 atom stereocenters. The maximum Gasteiger partial charge on any atom is 0.244 e. The molecule has 1 amide bonds. The van der Waals surface area contributed by atoms with Gasteiger partial charge < -0.3 is 10.2 Å². The number of carbonyl (C=O) groups is 1. The van der Waals surface area contributed by atoms with Crippen molar-refractivity contribution in [2.24, 2.45) is 0 Å². The van der Waals surface area contributed by atoms with Crippen molar-refractivity contribution in [2.75, 3.05) is 20.6 Å². The van der Waals surface area contributed by atoms with Gasteiger partial charge >= 0.3 is 0 Å². The van der Waals surface area contributed by atoms with Crippen molar-refractivity contribution in [3.05, 3.63) is 71.6 Å². The Bertz CT molecular complexity index is 697. The van der Waals surface area contributed by atoms with Gasteiger partial charge in [0.1, 0.15) is 11.6 Å². The third-order valence-corrected chi connectivity index (χ3v) is 3.56. The average Bonchev–Trinajstić information content (AvgIpc) is 2.56. The van der Waals surface area contributed by atoms with Crippen LogP contribution in [0, 0.1) is 11.6 Å². The predicted octanol–water partition coefficient (Wildman–Crippen LogP) is 2.79. The molecule has 2 aromatic rings. The minimum absolute atomic E-state index is 0.0547. The van der Waals surface area contributed by atoms with Crippen LogP contribution in [-0.2, 0) is 4.79 Å². The predicted molar refractivity (Wildman–Crippen MR) is 89.1 cm³/mol. The van der Waals surface area contributed by atoms with Crippen LogP contribution in [0.5, 0.6) is 0 Å². The zero-order valence-electron chi connectivity index (χ0n) is 13.5. The summed E-state index contributed by atoms with van der Waals surface area (Å²) in [6.07, 6.45) is 6.27. The number of benzene rings is 1. The molecule has 0 aliphatic rings. The molecule has 2 rings (SSSR count). The van der Waals surface area contributed by atoms with E-state index in [1.807, 2.05) is 0 Å². The summed E-state index contributed by atoms with van der Waals surface area (Å²) in [5.74, 6) is -1.60. The third kappa shape index (κ3) is 4.70. The molecule has 0 spiro atoms. The van der Waals surface area contributed by atoms with Crippen molar-refractivity contribution in [3.8, 4) is 0 Å². The van der Waals surface area contributed by atoms with Crippen LogP contribution in [0.1, 0.15) is 17.2 Å². The summed E-state index contributed by atoms with van der Waals surface area (Å²) in [4.78, 5) is 17.5. The molecular formula is C18H19F2N3O. The Morgan fingerprint density at radius 2 is 1.83 bits per heavy atom. The Kier molecular flexibility index (Phi) is 6.14. The monoisotopic (exact) mass is 331 g/mol. The third-order valence-electron chi connectivity index (χ3n) is 3.56. The minimum Gasteiger partial charge on any atom is -0.351 e. The van der Waals surface area contributed by atoms with Crippen LogP contribution in [0.3, 0.4) is 0 Å². The molecule has 0 unspecified atom stereocenters. The number of carbonyl (C=O) groups excluding carboxylic acids is 1. The van der Waals surface area contributed by atoms with E-state index in [1.54, 1.807) is 49.6 Å². The van der Waals surface area contributed by atoms with Gasteiger partial charge in [-0.25, -0.2) is 8.78 Å². The average molecular weight is 331 g/mol. The Balaban J connectivity index is 2.04. The topological polar surface area (TPSA) is 45.2 Å². The lowest BCUT2D eigenvalue weighted by Gasteiger charge is -2.25. The smallest absolute Gasteiger partial charge is 0.244 e. The summed E-state index contributed by atoms with van der Waals surface area (Å²) in [5, 5.41) is 2.67. The second kappa shape index (κ2) is 8.31. The van der Waals surface area contributed by atoms with E-state index in [0.717, 1.165) is 5.56 Å². The van der Waals surface area contributed by atoms with Crippen LogP contribution in [0.4, 0.5) is 8.78 Å². The highest BCUT2D eigenvalue weighted by molar-refractivity contribution is 5.91. The van der Waals surface area contributed by atoms with Crippen molar-refractivity contribution in [1.29, 1.82) is 0 Å². The first-order valence-electron chi connectivity index (χ1n) is 7.45. The van der Waals surface area contributed by atoms with Crippen LogP contribution in [0.25, 0.3) is 6.08 Å². The second-order valence-electron chi connectivity index (χ2n) is 5.47. The van der Waals surface area contributed by atoms with Crippen molar-refractivity contribution >= 4 is 12.0 Å². The number of hydrogen-bond acceptors (Lipinski definition) is 3. The van der Waals surface area contributed by atoms with Gasteiger partial charge in [0.15, 0.2) is 0 Å². The van der Waals surface area contributed by atoms with E-state index in [0.29, 0.717) is 0 Å². The maximum atomic E-state index is 14.0. The normalized spacial score (nSPS) is 12.5. The van der Waals surface area contributed by atoms with E-state index in [2.05, 4.69) is 10.3 Å². The zero-order valence-corrected chi connectivity index (χ0v) is 13.5. The van der Waals surface area contributed by atoms with Gasteiger partial charge in [-0.2, -0.15) is 0 Å². The highest BCUT2D eigenvalue weighted by Gasteiger charge is 2.22. The summed E-state index contributed by atoms with van der Waals surface area (Å²) in [6, 6.07) is 6.66. The summed E-state index contributed by atoms with van der Waals surface area (Å²) in [5.41, 5.74) is 0.783. The Morgan fingerprint density at radius 1 is 1.21 bits per heavy atom. The molecule has 1 aromatic heterocycles. The number of nitrogens with zero attached hydrogens (tertiary/aromatic N) is 2. The fourth-order valence-corrected chi connectivity index (χ4v) is 2.27. The van der Waals surface area contributed by atoms with Crippen LogP contribution in [-0.4, -0.2) is 36.4 Å². The number of nitrogens with one attached hydrogen (secondary N) is 1. The van der Waals surface area contributed by atoms with Gasteiger partial charge in [0.25, 0.3) is 0 Å². The van der Waals surface area contributed by atoms with E-state index in [1.165, 1.54) is 24.3 Å². The standard InChI is InChI=1S/C18H19F2N3O/c1-23(2)16(18-14(19)4-3-5-15(18)20)12-22-17(24)7-6-13-8-10-21-11-9-13/h3-11,16H,12H2,1-2H3,(H,22,24)/b7-6-/t16-/m1/s1. The van der Waals surface area contributed by atoms with Crippen LogP contribution >= 0.6 is 0 Å². The first kappa shape index (κ1) is 17.7. The molecule has 24 heavy (non-hydrogen) atoms. The van der Waals surface area contributed by atoms with Crippen molar-refractivity contribution in [1.82, 2.24) is 15.2 Å². The van der Waals surface area contributed by atoms with Gasteiger partial charge in [-0.1, -0.05) is 6.07 Å². The molecule has 0 radical (unpaired) electrons. The molecular weight excluding hydrogens is 312 g/mol. The molecule has 1 aromatic carbocycles. The van der Waals surface area contributed by atoms with Gasteiger partial charge in [0.2, 0.25) is 5.91 Å². The van der Waals surface area contributed by atoms with E-state index in [-0.39, 0.29) is 18.0 Å². The fourth-order valence-electron chi connectivity index (χ4n) is 2.27. The molecule has 1 heterocycles. The Hall–Kier alpha value is -2.60. The van der Waals surface area contributed by atoms with Gasteiger partial charge in [-0.15, -0.1) is 0 Å². The van der Waals surface area contributed by atoms with Crippen molar-refractivity contribution in [2.45, 2.75) is 6.04 Å². The van der Waals surface area contributed by atoms with E-state index in [4.69, 9.17) is 0 Å². The number of amides is 1. The lowest BCUT2D eigenvalue weighted by atomic mass is 10.0. The molecule has 0 bridgehead atoms. The number of hydrogen-bond donors (Lipinski definition) is 1. The number of rotatable bonds is 6. The summed E-state index contributed by atoms with van der Waals surface area (Å²) >= 11 is 0. The lowest BCUT2D eigenvalue weighted by Crippen LogP contribution is -2.34. The lowest BCUT2D eigenvalue weighted by molar-refractivity contribution is -0.116. The zero-order chi connectivity index (χ0) is 17.5. The van der Waals surface area contributed by atoms with Crippen LogP contribution in [0.15, 0.2) is 48.8 Å². The summed E-state index contributed by atoms with van der Waals surface area (Å²) in [7, 11) is 3.41. The Labute approximate surface area is 139 Å². The number of likely N-dealkylation sites (N-methyl/N-ethyl adjacent to an activating group) is 1. The molecule has 0 saturated heterocycles.